The first-order valence-electron chi connectivity index (χ1n) is 7.44. The Bertz CT molecular complexity index is 286. The molecule has 1 aliphatic carbocycles. The molecule has 0 aromatic rings. The zero-order valence-corrected chi connectivity index (χ0v) is 13.2. The summed E-state index contributed by atoms with van der Waals surface area (Å²) in [7, 11) is 3.63. The van der Waals surface area contributed by atoms with Crippen LogP contribution in [0.25, 0.3) is 0 Å². The maximum Gasteiger partial charge on any atom is 0.317 e. The number of hydrogen-bond donors (Lipinski definition) is 1. The van der Waals surface area contributed by atoms with Gasteiger partial charge in [-0.15, -0.1) is 0 Å². The van der Waals surface area contributed by atoms with E-state index in [1.54, 1.807) is 7.11 Å². The van der Waals surface area contributed by atoms with E-state index in [0.29, 0.717) is 6.04 Å². The van der Waals surface area contributed by atoms with Gasteiger partial charge < -0.3 is 15.0 Å². The molecule has 0 aromatic heterocycles. The third-order valence-corrected chi connectivity index (χ3v) is 4.16. The van der Waals surface area contributed by atoms with Crippen molar-refractivity contribution in [3.05, 3.63) is 0 Å². The first-order valence-corrected chi connectivity index (χ1v) is 7.44. The summed E-state index contributed by atoms with van der Waals surface area (Å²) >= 11 is 0. The van der Waals surface area contributed by atoms with Gasteiger partial charge in [0, 0.05) is 26.2 Å². The molecule has 0 aromatic carbocycles. The van der Waals surface area contributed by atoms with Crippen molar-refractivity contribution < 1.29 is 9.53 Å². The van der Waals surface area contributed by atoms with Crippen molar-refractivity contribution in [2.75, 3.05) is 14.2 Å². The van der Waals surface area contributed by atoms with Crippen molar-refractivity contribution in [2.45, 2.75) is 77.0 Å². The number of nitrogens with one attached hydrogen (secondary N) is 1. The van der Waals surface area contributed by atoms with Gasteiger partial charge >= 0.3 is 6.03 Å². The topological polar surface area (TPSA) is 41.6 Å². The monoisotopic (exact) mass is 270 g/mol. The van der Waals surface area contributed by atoms with E-state index in [4.69, 9.17) is 4.74 Å². The van der Waals surface area contributed by atoms with Gasteiger partial charge in [-0.05, 0) is 40.0 Å². The largest absolute Gasteiger partial charge is 0.379 e. The van der Waals surface area contributed by atoms with Gasteiger partial charge in [-0.25, -0.2) is 4.79 Å². The summed E-state index contributed by atoms with van der Waals surface area (Å²) in [6.07, 6.45) is 6.89. The molecule has 1 N–H and O–H groups in total. The van der Waals surface area contributed by atoms with Crippen LogP contribution in [0.4, 0.5) is 4.79 Å². The lowest BCUT2D eigenvalue weighted by molar-refractivity contribution is 0.00905. The lowest BCUT2D eigenvalue weighted by Gasteiger charge is -2.33. The maximum absolute atomic E-state index is 12.2. The molecule has 1 atom stereocenters. The highest BCUT2D eigenvalue weighted by atomic mass is 16.5. The van der Waals surface area contributed by atoms with E-state index in [1.165, 1.54) is 19.3 Å². The van der Waals surface area contributed by atoms with E-state index in [9.17, 15) is 4.79 Å². The molecule has 0 aliphatic heterocycles. The molecular weight excluding hydrogens is 240 g/mol. The smallest absolute Gasteiger partial charge is 0.317 e. The molecule has 1 rings (SSSR count). The lowest BCUT2D eigenvalue weighted by atomic mass is 9.94. The summed E-state index contributed by atoms with van der Waals surface area (Å²) in [6, 6.07) is 0.580. The minimum Gasteiger partial charge on any atom is -0.379 e. The Morgan fingerprint density at radius 3 is 2.47 bits per heavy atom. The molecule has 0 radical (unpaired) electrons. The summed E-state index contributed by atoms with van der Waals surface area (Å²) in [5, 5.41) is 3.07. The quantitative estimate of drug-likeness (QED) is 0.833. The van der Waals surface area contributed by atoms with Crippen LogP contribution in [0.1, 0.15) is 59.3 Å². The van der Waals surface area contributed by atoms with Gasteiger partial charge in [-0.1, -0.05) is 19.3 Å². The Hall–Kier alpha value is -0.770. The van der Waals surface area contributed by atoms with E-state index < -0.39 is 0 Å². The zero-order chi connectivity index (χ0) is 14.5. The third-order valence-electron chi connectivity index (χ3n) is 4.16. The summed E-state index contributed by atoms with van der Waals surface area (Å²) in [6.45, 7) is 6.12. The number of methoxy groups -OCH3 is 1. The summed E-state index contributed by atoms with van der Waals surface area (Å²) in [5.41, 5.74) is -0.198. The van der Waals surface area contributed by atoms with Crippen molar-refractivity contribution in [1.82, 2.24) is 10.2 Å². The molecule has 4 heteroatoms. The number of urea groups is 1. The average Bonchev–Trinajstić information content (AvgIpc) is 2.38. The van der Waals surface area contributed by atoms with Crippen LogP contribution in [-0.2, 0) is 4.74 Å². The summed E-state index contributed by atoms with van der Waals surface area (Å²) in [4.78, 5) is 14.1. The molecule has 0 spiro atoms. The summed E-state index contributed by atoms with van der Waals surface area (Å²) < 4.78 is 5.40. The van der Waals surface area contributed by atoms with Crippen LogP contribution >= 0.6 is 0 Å². The predicted molar refractivity (Wildman–Crippen MR) is 78.3 cm³/mol. The van der Waals surface area contributed by atoms with Crippen molar-refractivity contribution in [3.8, 4) is 0 Å². The van der Waals surface area contributed by atoms with Crippen LogP contribution < -0.4 is 5.32 Å². The average molecular weight is 270 g/mol. The number of hydrogen-bond acceptors (Lipinski definition) is 2. The van der Waals surface area contributed by atoms with Gasteiger partial charge in [-0.3, -0.25) is 0 Å². The van der Waals surface area contributed by atoms with Crippen LogP contribution in [0.15, 0.2) is 0 Å². The second kappa shape index (κ2) is 7.13. The van der Waals surface area contributed by atoms with E-state index >= 15 is 0 Å². The molecular formula is C15H30N2O2. The SMILES string of the molecule is COC(C)(C)C[C@@H](C)NC(=O)N(C)C1CCCCC1. The molecule has 112 valence electrons. The molecule has 19 heavy (non-hydrogen) atoms. The van der Waals surface area contributed by atoms with Gasteiger partial charge in [-0.2, -0.15) is 0 Å². The number of ether oxygens (including phenoxy) is 1. The Labute approximate surface area is 117 Å². The molecule has 1 fully saturated rings. The first kappa shape index (κ1) is 16.3. The Balaban J connectivity index is 2.40. The number of carbonyl (C=O) groups is 1. The van der Waals surface area contributed by atoms with Gasteiger partial charge in [0.25, 0.3) is 0 Å². The summed E-state index contributed by atoms with van der Waals surface area (Å²) in [5.74, 6) is 0. The molecule has 4 nitrogen and oxygen atoms in total. The standard InChI is InChI=1S/C15H30N2O2/c1-12(11-15(2,3)19-5)16-14(18)17(4)13-9-7-6-8-10-13/h12-13H,6-11H2,1-5H3,(H,16,18)/t12-/m1/s1. The predicted octanol–water partition coefficient (Wildman–Crippen LogP) is 3.16. The molecule has 0 heterocycles. The van der Waals surface area contributed by atoms with Gasteiger partial charge in [0.1, 0.15) is 0 Å². The lowest BCUT2D eigenvalue weighted by Crippen LogP contribution is -2.48. The van der Waals surface area contributed by atoms with Crippen LogP contribution in [0.5, 0.6) is 0 Å². The second-order valence-electron chi connectivity index (χ2n) is 6.42. The number of rotatable bonds is 5. The number of nitrogens with zero attached hydrogens (tertiary/aromatic N) is 1. The second-order valence-corrected chi connectivity index (χ2v) is 6.42. The fourth-order valence-electron chi connectivity index (χ4n) is 2.82. The van der Waals surface area contributed by atoms with Crippen LogP contribution in [-0.4, -0.2) is 42.8 Å². The molecule has 1 saturated carbocycles. The normalized spacial score (nSPS) is 19.0. The molecule has 1 aliphatic rings. The highest BCUT2D eigenvalue weighted by molar-refractivity contribution is 5.74. The Kier molecular flexibility index (Phi) is 6.11. The van der Waals surface area contributed by atoms with Crippen LogP contribution in [0, 0.1) is 0 Å². The minimum absolute atomic E-state index is 0.0475. The minimum atomic E-state index is -0.198. The molecule has 0 saturated heterocycles. The fourth-order valence-corrected chi connectivity index (χ4v) is 2.82. The fraction of sp³-hybridized carbons (Fsp3) is 0.933. The van der Waals surface area contributed by atoms with Crippen LogP contribution in [0.2, 0.25) is 0 Å². The van der Waals surface area contributed by atoms with E-state index in [2.05, 4.69) is 5.32 Å². The van der Waals surface area contributed by atoms with Crippen molar-refractivity contribution in [1.29, 1.82) is 0 Å². The third kappa shape index (κ3) is 5.39. The number of carbonyl (C=O) groups excluding carboxylic acids is 1. The molecule has 0 bridgehead atoms. The number of amides is 2. The van der Waals surface area contributed by atoms with Crippen molar-refractivity contribution in [3.63, 3.8) is 0 Å². The zero-order valence-electron chi connectivity index (χ0n) is 13.2. The van der Waals surface area contributed by atoms with Gasteiger partial charge in [0.2, 0.25) is 0 Å². The Morgan fingerprint density at radius 1 is 1.37 bits per heavy atom. The van der Waals surface area contributed by atoms with Gasteiger partial charge in [0.05, 0.1) is 5.60 Å². The molecule has 2 amide bonds. The maximum atomic E-state index is 12.2. The highest BCUT2D eigenvalue weighted by Crippen LogP contribution is 2.22. The van der Waals surface area contributed by atoms with Gasteiger partial charge in [0.15, 0.2) is 0 Å². The van der Waals surface area contributed by atoms with E-state index in [0.717, 1.165) is 19.3 Å². The van der Waals surface area contributed by atoms with Crippen molar-refractivity contribution in [2.24, 2.45) is 0 Å². The van der Waals surface area contributed by atoms with E-state index in [-0.39, 0.29) is 17.7 Å². The van der Waals surface area contributed by atoms with Crippen LogP contribution in [0.3, 0.4) is 0 Å². The highest BCUT2D eigenvalue weighted by Gasteiger charge is 2.25. The Morgan fingerprint density at radius 2 is 1.95 bits per heavy atom. The first-order chi connectivity index (χ1) is 8.85. The van der Waals surface area contributed by atoms with E-state index in [1.807, 2.05) is 32.7 Å². The molecule has 0 unspecified atom stereocenters. The van der Waals surface area contributed by atoms with Crippen molar-refractivity contribution >= 4 is 6.03 Å².